The molecule has 0 radical (unpaired) electrons. The van der Waals surface area contributed by atoms with E-state index in [1.807, 2.05) is 13.8 Å². The molecule has 4 rings (SSSR count). The second-order valence-corrected chi connectivity index (χ2v) is 6.24. The van der Waals surface area contributed by atoms with Crippen molar-refractivity contribution >= 4 is 16.8 Å². The topological polar surface area (TPSA) is 63.9 Å². The Morgan fingerprint density at radius 3 is 2.88 bits per heavy atom. The van der Waals surface area contributed by atoms with Gasteiger partial charge in [-0.05, 0) is 25.1 Å². The normalized spacial score (nSPS) is 14.0. The van der Waals surface area contributed by atoms with E-state index in [1.165, 1.54) is 12.1 Å². The van der Waals surface area contributed by atoms with Gasteiger partial charge in [-0.2, -0.15) is 0 Å². The van der Waals surface area contributed by atoms with Gasteiger partial charge < -0.3 is 9.47 Å². The lowest BCUT2D eigenvalue weighted by Gasteiger charge is -2.28. The molecule has 128 valence electrons. The molecule has 0 saturated carbocycles. The minimum Gasteiger partial charge on any atom is -0.329 e. The van der Waals surface area contributed by atoms with Crippen LogP contribution in [0, 0.1) is 12.7 Å². The van der Waals surface area contributed by atoms with E-state index in [4.69, 9.17) is 0 Å². The molecule has 3 aromatic rings. The summed E-state index contributed by atoms with van der Waals surface area (Å²) in [5, 5.41) is 9.05. The standard InChI is InChI=1S/C18H18FN5O/c1-3-16-21-22-17-10-23(6-7-24(16)17)18(25)14-8-11(2)20-15-9-12(19)4-5-13(14)15/h4-5,8-9H,3,6-7,10H2,1-2H3. The maximum atomic E-state index is 13.5. The van der Waals surface area contributed by atoms with Gasteiger partial charge >= 0.3 is 0 Å². The van der Waals surface area contributed by atoms with Crippen molar-refractivity contribution in [3.63, 3.8) is 0 Å². The van der Waals surface area contributed by atoms with Crippen molar-refractivity contribution in [1.29, 1.82) is 0 Å². The van der Waals surface area contributed by atoms with Crippen LogP contribution in [0.3, 0.4) is 0 Å². The summed E-state index contributed by atoms with van der Waals surface area (Å²) in [6.07, 6.45) is 0.820. The van der Waals surface area contributed by atoms with Gasteiger partial charge in [-0.1, -0.05) is 6.92 Å². The Morgan fingerprint density at radius 2 is 2.08 bits per heavy atom. The van der Waals surface area contributed by atoms with Gasteiger partial charge in [0.1, 0.15) is 11.6 Å². The van der Waals surface area contributed by atoms with Crippen LogP contribution in [0.25, 0.3) is 10.9 Å². The maximum absolute atomic E-state index is 13.5. The fraction of sp³-hybridized carbons (Fsp3) is 0.333. The molecule has 1 aromatic carbocycles. The summed E-state index contributed by atoms with van der Waals surface area (Å²) < 4.78 is 15.6. The summed E-state index contributed by atoms with van der Waals surface area (Å²) in [4.78, 5) is 19.2. The molecule has 0 atom stereocenters. The Labute approximate surface area is 144 Å². The molecule has 1 aliphatic heterocycles. The van der Waals surface area contributed by atoms with E-state index in [2.05, 4.69) is 19.7 Å². The molecule has 0 spiro atoms. The van der Waals surface area contributed by atoms with E-state index in [0.29, 0.717) is 41.8 Å². The second kappa shape index (κ2) is 5.91. The first-order chi connectivity index (χ1) is 12.1. The van der Waals surface area contributed by atoms with E-state index in [1.54, 1.807) is 17.0 Å². The molecule has 0 bridgehead atoms. The summed E-state index contributed by atoms with van der Waals surface area (Å²) in [7, 11) is 0. The van der Waals surface area contributed by atoms with Crippen LogP contribution in [0.15, 0.2) is 24.3 Å². The Morgan fingerprint density at radius 1 is 1.24 bits per heavy atom. The first-order valence-electron chi connectivity index (χ1n) is 8.34. The highest BCUT2D eigenvalue weighted by Crippen LogP contribution is 2.23. The predicted molar refractivity (Wildman–Crippen MR) is 90.6 cm³/mol. The number of benzene rings is 1. The molecule has 0 unspecified atom stereocenters. The van der Waals surface area contributed by atoms with Crippen molar-refractivity contribution in [2.24, 2.45) is 0 Å². The van der Waals surface area contributed by atoms with Gasteiger partial charge in [-0.15, -0.1) is 10.2 Å². The van der Waals surface area contributed by atoms with Gasteiger partial charge in [0, 0.05) is 36.7 Å². The summed E-state index contributed by atoms with van der Waals surface area (Å²) in [5.41, 5.74) is 1.73. The number of carbonyl (C=O) groups excluding carboxylic acids is 1. The highest BCUT2D eigenvalue weighted by molar-refractivity contribution is 6.06. The second-order valence-electron chi connectivity index (χ2n) is 6.24. The first kappa shape index (κ1) is 15.7. The Kier molecular flexibility index (Phi) is 3.71. The van der Waals surface area contributed by atoms with Crippen LogP contribution in [-0.4, -0.2) is 37.1 Å². The number of amides is 1. The van der Waals surface area contributed by atoms with Crippen LogP contribution in [0.2, 0.25) is 0 Å². The number of fused-ring (bicyclic) bond motifs is 2. The smallest absolute Gasteiger partial charge is 0.255 e. The third-order valence-electron chi connectivity index (χ3n) is 4.56. The fourth-order valence-corrected chi connectivity index (χ4v) is 3.33. The number of carbonyl (C=O) groups is 1. The zero-order chi connectivity index (χ0) is 17.6. The molecular formula is C18H18FN5O. The number of pyridine rings is 1. The van der Waals surface area contributed by atoms with Crippen LogP contribution < -0.4 is 0 Å². The largest absolute Gasteiger partial charge is 0.329 e. The van der Waals surface area contributed by atoms with E-state index in [-0.39, 0.29) is 11.7 Å². The summed E-state index contributed by atoms with van der Waals surface area (Å²) >= 11 is 0. The SMILES string of the molecule is CCc1nnc2n1CCN(C(=O)c1cc(C)nc3cc(F)ccc13)C2. The van der Waals surface area contributed by atoms with Gasteiger partial charge in [-0.25, -0.2) is 4.39 Å². The quantitative estimate of drug-likeness (QED) is 0.720. The van der Waals surface area contributed by atoms with Gasteiger partial charge in [0.05, 0.1) is 17.6 Å². The molecule has 0 fully saturated rings. The molecule has 0 aliphatic carbocycles. The lowest BCUT2D eigenvalue weighted by molar-refractivity contribution is 0.0708. The minimum absolute atomic E-state index is 0.0885. The molecule has 2 aromatic heterocycles. The third-order valence-corrected chi connectivity index (χ3v) is 4.56. The number of nitrogens with zero attached hydrogens (tertiary/aromatic N) is 5. The molecule has 1 aliphatic rings. The van der Waals surface area contributed by atoms with E-state index in [9.17, 15) is 9.18 Å². The molecule has 6 nitrogen and oxygen atoms in total. The number of aromatic nitrogens is 4. The number of halogens is 1. The van der Waals surface area contributed by atoms with Crippen LogP contribution in [0.1, 0.15) is 34.6 Å². The van der Waals surface area contributed by atoms with Crippen molar-refractivity contribution in [2.75, 3.05) is 6.54 Å². The predicted octanol–water partition coefficient (Wildman–Crippen LogP) is 2.49. The lowest BCUT2D eigenvalue weighted by Crippen LogP contribution is -2.39. The Hall–Kier alpha value is -2.83. The summed E-state index contributed by atoms with van der Waals surface area (Å²) in [6, 6.07) is 6.10. The minimum atomic E-state index is -0.359. The highest BCUT2D eigenvalue weighted by Gasteiger charge is 2.26. The van der Waals surface area contributed by atoms with E-state index < -0.39 is 0 Å². The van der Waals surface area contributed by atoms with Crippen molar-refractivity contribution < 1.29 is 9.18 Å². The van der Waals surface area contributed by atoms with Crippen molar-refractivity contribution in [3.05, 3.63) is 53.0 Å². The highest BCUT2D eigenvalue weighted by atomic mass is 19.1. The number of hydrogen-bond donors (Lipinski definition) is 0. The van der Waals surface area contributed by atoms with Gasteiger partial charge in [0.25, 0.3) is 5.91 Å². The van der Waals surface area contributed by atoms with Gasteiger partial charge in [-0.3, -0.25) is 9.78 Å². The van der Waals surface area contributed by atoms with Crippen LogP contribution in [0.5, 0.6) is 0 Å². The molecule has 7 heteroatoms. The zero-order valence-electron chi connectivity index (χ0n) is 14.2. The average Bonchev–Trinajstić information content (AvgIpc) is 3.02. The molecular weight excluding hydrogens is 321 g/mol. The first-order valence-corrected chi connectivity index (χ1v) is 8.34. The summed E-state index contributed by atoms with van der Waals surface area (Å²) in [5.74, 6) is 1.30. The molecule has 0 N–H and O–H groups in total. The van der Waals surface area contributed by atoms with Gasteiger partial charge in [0.15, 0.2) is 5.82 Å². The molecule has 0 saturated heterocycles. The van der Waals surface area contributed by atoms with Gasteiger partial charge in [0.2, 0.25) is 0 Å². The molecule has 1 amide bonds. The summed E-state index contributed by atoms with van der Waals surface area (Å²) in [6.45, 7) is 5.56. The average molecular weight is 339 g/mol. The van der Waals surface area contributed by atoms with Crippen LogP contribution in [-0.2, 0) is 19.5 Å². The van der Waals surface area contributed by atoms with Crippen LogP contribution in [0.4, 0.5) is 4.39 Å². The number of aryl methyl sites for hydroxylation is 2. The fourth-order valence-electron chi connectivity index (χ4n) is 3.33. The lowest BCUT2D eigenvalue weighted by atomic mass is 10.1. The van der Waals surface area contributed by atoms with Crippen molar-refractivity contribution in [1.82, 2.24) is 24.6 Å². The third kappa shape index (κ3) is 2.65. The Bertz CT molecular complexity index is 976. The Balaban J connectivity index is 1.71. The van der Waals surface area contributed by atoms with Crippen molar-refractivity contribution in [2.45, 2.75) is 33.4 Å². The van der Waals surface area contributed by atoms with E-state index in [0.717, 1.165) is 18.1 Å². The number of hydrogen-bond acceptors (Lipinski definition) is 4. The molecule has 3 heterocycles. The van der Waals surface area contributed by atoms with E-state index >= 15 is 0 Å². The zero-order valence-corrected chi connectivity index (χ0v) is 14.2. The molecule has 25 heavy (non-hydrogen) atoms. The van der Waals surface area contributed by atoms with Crippen molar-refractivity contribution in [3.8, 4) is 0 Å². The maximum Gasteiger partial charge on any atom is 0.255 e. The van der Waals surface area contributed by atoms with Crippen LogP contribution >= 0.6 is 0 Å². The monoisotopic (exact) mass is 339 g/mol. The number of rotatable bonds is 2.